The topological polar surface area (TPSA) is 55.8 Å². The first-order chi connectivity index (χ1) is 27.4. The van der Waals surface area contributed by atoms with Crippen LogP contribution in [0.15, 0.2) is 42.5 Å². The predicted octanol–water partition coefficient (Wildman–Crippen LogP) is 15.7. The SMILES string of the molecule is CC(C)CCCC(C)CCOc1c2cc(C(C)(C)C)sc2c(OCCC(C)CCCC(C)C)c2cc(-c3sc(C(C)(C)C)c4c3C(=O)N(c3ccccc3)C4=O)sc12. The van der Waals surface area contributed by atoms with Crippen LogP contribution in [0.25, 0.3) is 29.9 Å². The van der Waals surface area contributed by atoms with Gasteiger partial charge in [0.25, 0.3) is 11.8 Å². The van der Waals surface area contributed by atoms with Gasteiger partial charge in [-0.15, -0.1) is 34.0 Å². The van der Waals surface area contributed by atoms with Crippen LogP contribution < -0.4 is 14.4 Å². The van der Waals surface area contributed by atoms with Gasteiger partial charge in [-0.05, 0) is 71.6 Å². The number of nitrogens with zero attached hydrogens (tertiary/aromatic N) is 1. The molecule has 0 N–H and O–H groups in total. The molecule has 1 aliphatic heterocycles. The second kappa shape index (κ2) is 18.2. The van der Waals surface area contributed by atoms with E-state index >= 15 is 0 Å². The standard InChI is InChI=1S/C50H67NO4S3/c1-30(2)18-16-20-32(5)24-26-54-41-35-28-37(45-39-40(46(58-45)50(10,11)12)48(53)51(47(39)52)34-22-14-13-15-23-34)56-43(35)42(36-29-38(49(7,8)9)57-44(36)41)55-27-25-33(6)21-17-19-31(3)4/h13-15,22-23,28-33H,16-21,24-27H2,1-12H3. The summed E-state index contributed by atoms with van der Waals surface area (Å²) >= 11 is 5.08. The van der Waals surface area contributed by atoms with Crippen molar-refractivity contribution in [2.24, 2.45) is 23.7 Å². The van der Waals surface area contributed by atoms with Crippen molar-refractivity contribution in [2.45, 2.75) is 145 Å². The summed E-state index contributed by atoms with van der Waals surface area (Å²) in [6.45, 7) is 28.4. The second-order valence-electron chi connectivity index (χ2n) is 19.8. The number of hydrogen-bond donors (Lipinski definition) is 0. The zero-order chi connectivity index (χ0) is 42.1. The fourth-order valence-electron chi connectivity index (χ4n) is 7.90. The normalized spacial score (nSPS) is 14.8. The third kappa shape index (κ3) is 9.71. The molecule has 0 saturated carbocycles. The van der Waals surface area contributed by atoms with E-state index in [1.807, 2.05) is 41.7 Å². The zero-order valence-electron chi connectivity index (χ0n) is 37.2. The van der Waals surface area contributed by atoms with Gasteiger partial charge in [-0.2, -0.15) is 0 Å². The highest BCUT2D eigenvalue weighted by molar-refractivity contribution is 7.27. The number of para-hydroxylation sites is 1. The van der Waals surface area contributed by atoms with Gasteiger partial charge in [0.1, 0.15) is 11.5 Å². The van der Waals surface area contributed by atoms with Gasteiger partial charge in [-0.3, -0.25) is 9.59 Å². The molecule has 3 aromatic heterocycles. The average Bonchev–Trinajstić information content (AvgIpc) is 3.92. The van der Waals surface area contributed by atoms with Crippen molar-refractivity contribution in [1.82, 2.24) is 0 Å². The van der Waals surface area contributed by atoms with Crippen molar-refractivity contribution in [3.8, 4) is 21.3 Å². The van der Waals surface area contributed by atoms with Gasteiger partial charge < -0.3 is 9.47 Å². The maximum absolute atomic E-state index is 14.5. The number of hydrogen-bond acceptors (Lipinski definition) is 7. The van der Waals surface area contributed by atoms with E-state index in [4.69, 9.17) is 9.47 Å². The second-order valence-corrected chi connectivity index (χ2v) is 22.9. The molecule has 5 aromatic rings. The van der Waals surface area contributed by atoms with Crippen LogP contribution in [0.2, 0.25) is 0 Å². The minimum atomic E-state index is -0.335. The number of carbonyl (C=O) groups excluding carboxylic acids is 2. The molecule has 0 fully saturated rings. The van der Waals surface area contributed by atoms with Gasteiger partial charge in [-0.1, -0.05) is 140 Å². The monoisotopic (exact) mass is 841 g/mol. The largest absolute Gasteiger partial charge is 0.491 e. The summed E-state index contributed by atoms with van der Waals surface area (Å²) in [5.41, 5.74) is 1.28. The van der Waals surface area contributed by atoms with Crippen molar-refractivity contribution in [2.75, 3.05) is 18.1 Å². The molecule has 2 atom stereocenters. The van der Waals surface area contributed by atoms with E-state index in [9.17, 15) is 9.59 Å². The van der Waals surface area contributed by atoms with Gasteiger partial charge in [0.15, 0.2) is 0 Å². The van der Waals surface area contributed by atoms with Crippen LogP contribution in [-0.4, -0.2) is 25.0 Å². The summed E-state index contributed by atoms with van der Waals surface area (Å²) in [7, 11) is 0. The van der Waals surface area contributed by atoms with Crippen LogP contribution in [-0.2, 0) is 10.8 Å². The molecule has 2 aromatic carbocycles. The lowest BCUT2D eigenvalue weighted by Crippen LogP contribution is -2.30. The number of rotatable bonds is 18. The molecule has 0 aliphatic carbocycles. The van der Waals surface area contributed by atoms with Gasteiger partial charge in [0.05, 0.1) is 44.3 Å². The maximum Gasteiger partial charge on any atom is 0.267 e. The molecule has 0 radical (unpaired) electrons. The molecule has 1 aliphatic rings. The Hall–Kier alpha value is -3.20. The molecule has 314 valence electrons. The zero-order valence-corrected chi connectivity index (χ0v) is 39.7. The summed E-state index contributed by atoms with van der Waals surface area (Å²) in [5.74, 6) is 3.91. The minimum absolute atomic E-state index is 0.0366. The van der Waals surface area contributed by atoms with Crippen LogP contribution in [0.3, 0.4) is 0 Å². The summed E-state index contributed by atoms with van der Waals surface area (Å²) in [6, 6.07) is 13.9. The summed E-state index contributed by atoms with van der Waals surface area (Å²) in [5, 5.41) is 2.13. The van der Waals surface area contributed by atoms with Crippen LogP contribution in [0.5, 0.6) is 11.5 Å². The van der Waals surface area contributed by atoms with Crippen molar-refractivity contribution in [1.29, 1.82) is 0 Å². The Morgan fingerprint density at radius 2 is 1.12 bits per heavy atom. The first kappa shape index (κ1) is 44.4. The van der Waals surface area contributed by atoms with Crippen LogP contribution in [0, 0.1) is 23.7 Å². The van der Waals surface area contributed by atoms with Crippen molar-refractivity contribution >= 4 is 71.7 Å². The average molecular weight is 842 g/mol. The smallest absolute Gasteiger partial charge is 0.267 e. The van der Waals surface area contributed by atoms with E-state index in [-0.39, 0.29) is 22.6 Å². The van der Waals surface area contributed by atoms with E-state index in [1.54, 1.807) is 22.7 Å². The number of thiophene rings is 3. The highest BCUT2D eigenvalue weighted by atomic mass is 32.1. The molecule has 4 heterocycles. The predicted molar refractivity (Wildman–Crippen MR) is 251 cm³/mol. The summed E-state index contributed by atoms with van der Waals surface area (Å²) in [4.78, 5) is 34.2. The molecular weight excluding hydrogens is 775 g/mol. The molecular formula is C50H67NO4S3. The lowest BCUT2D eigenvalue weighted by molar-refractivity contribution is 0.0925. The highest BCUT2D eigenvalue weighted by Gasteiger charge is 2.45. The van der Waals surface area contributed by atoms with Crippen molar-refractivity contribution in [3.63, 3.8) is 0 Å². The molecule has 0 bridgehead atoms. The van der Waals surface area contributed by atoms with Gasteiger partial charge >= 0.3 is 0 Å². The number of amides is 2. The number of anilines is 1. The van der Waals surface area contributed by atoms with Crippen molar-refractivity contribution < 1.29 is 19.1 Å². The Morgan fingerprint density at radius 1 is 0.603 bits per heavy atom. The maximum atomic E-state index is 14.5. The molecule has 2 unspecified atom stereocenters. The van der Waals surface area contributed by atoms with E-state index in [0.29, 0.717) is 41.9 Å². The number of carbonyl (C=O) groups is 2. The Morgan fingerprint density at radius 3 is 1.64 bits per heavy atom. The summed E-state index contributed by atoms with van der Waals surface area (Å²) in [6.07, 6.45) is 9.39. The lowest BCUT2D eigenvalue weighted by atomic mass is 9.90. The van der Waals surface area contributed by atoms with Gasteiger partial charge in [-0.25, -0.2) is 4.90 Å². The third-order valence-electron chi connectivity index (χ3n) is 11.4. The van der Waals surface area contributed by atoms with Gasteiger partial charge in [0, 0.05) is 25.4 Å². The molecule has 2 amide bonds. The number of fused-ring (bicyclic) bond motifs is 3. The van der Waals surface area contributed by atoms with E-state index in [0.717, 1.165) is 71.0 Å². The summed E-state index contributed by atoms with van der Waals surface area (Å²) < 4.78 is 16.1. The molecule has 5 nitrogen and oxygen atoms in total. The first-order valence-corrected chi connectivity index (χ1v) is 24.2. The van der Waals surface area contributed by atoms with E-state index in [1.165, 1.54) is 48.3 Å². The minimum Gasteiger partial charge on any atom is -0.491 e. The van der Waals surface area contributed by atoms with Gasteiger partial charge in [0.2, 0.25) is 0 Å². The Kier molecular flexibility index (Phi) is 13.9. The Labute approximate surface area is 360 Å². The Balaban J connectivity index is 1.47. The fraction of sp³-hybridized carbons (Fsp3) is 0.560. The molecule has 8 heteroatoms. The Bertz CT molecular complexity index is 2130. The molecule has 0 spiro atoms. The number of ether oxygens (including phenoxy) is 2. The van der Waals surface area contributed by atoms with Crippen LogP contribution in [0.4, 0.5) is 5.69 Å². The van der Waals surface area contributed by atoms with Crippen molar-refractivity contribution in [3.05, 3.63) is 63.3 Å². The lowest BCUT2D eigenvalue weighted by Gasteiger charge is -2.19. The van der Waals surface area contributed by atoms with E-state index in [2.05, 4.69) is 95.2 Å². The highest BCUT2D eigenvalue weighted by Crippen LogP contribution is 2.55. The molecule has 0 saturated heterocycles. The third-order valence-corrected chi connectivity index (χ3v) is 15.9. The molecule has 58 heavy (non-hydrogen) atoms. The van der Waals surface area contributed by atoms with Crippen LogP contribution >= 0.6 is 34.0 Å². The quantitative estimate of drug-likeness (QED) is 0.0825. The molecule has 6 rings (SSSR count). The fourth-order valence-corrected chi connectivity index (χ4v) is 11.7. The number of benzene rings is 2. The van der Waals surface area contributed by atoms with E-state index < -0.39 is 0 Å². The van der Waals surface area contributed by atoms with Crippen LogP contribution in [0.1, 0.15) is 165 Å². The first-order valence-electron chi connectivity index (χ1n) is 21.8. The number of imide groups is 1.